The predicted molar refractivity (Wildman–Crippen MR) is 93.1 cm³/mol. The lowest BCUT2D eigenvalue weighted by molar-refractivity contribution is -0.122. The zero-order chi connectivity index (χ0) is 17.0. The van der Waals surface area contributed by atoms with E-state index >= 15 is 0 Å². The molecule has 0 spiro atoms. The van der Waals surface area contributed by atoms with E-state index in [-0.39, 0.29) is 17.1 Å². The van der Waals surface area contributed by atoms with Crippen LogP contribution in [-0.4, -0.2) is 18.5 Å². The second kappa shape index (κ2) is 7.14. The van der Waals surface area contributed by atoms with Crippen LogP contribution in [0.5, 0.6) is 0 Å². The molecule has 0 aromatic heterocycles. The van der Waals surface area contributed by atoms with Crippen molar-refractivity contribution in [3.8, 4) is 0 Å². The number of carbonyl (C=O) groups is 1. The summed E-state index contributed by atoms with van der Waals surface area (Å²) < 4.78 is 13.5. The number of benzene rings is 2. The topological polar surface area (TPSA) is 55.1 Å². The predicted octanol–water partition coefficient (Wildman–Crippen LogP) is 2.93. The molecular weight excluding hydrogens is 303 g/mol. The third kappa shape index (κ3) is 3.65. The molecule has 3 nitrogen and oxygen atoms in total. The number of hydrogen-bond acceptors (Lipinski definition) is 2. The first kappa shape index (κ1) is 16.7. The highest BCUT2D eigenvalue weighted by molar-refractivity contribution is 5.82. The van der Waals surface area contributed by atoms with Crippen LogP contribution in [0, 0.1) is 5.82 Å². The molecular formula is C20H23FN2O. The minimum absolute atomic E-state index is 0.149. The maximum atomic E-state index is 13.5. The summed E-state index contributed by atoms with van der Waals surface area (Å²) in [6.45, 7) is 0.512. The molecule has 0 radical (unpaired) electrons. The molecule has 1 amide bonds. The van der Waals surface area contributed by atoms with Crippen LogP contribution in [0.1, 0.15) is 30.4 Å². The molecule has 3 rings (SSSR count). The molecule has 4 heteroatoms. The zero-order valence-electron chi connectivity index (χ0n) is 13.7. The normalized spacial score (nSPS) is 16.9. The van der Waals surface area contributed by atoms with Gasteiger partial charge < -0.3 is 11.1 Å². The Balaban J connectivity index is 1.60. The van der Waals surface area contributed by atoms with Crippen molar-refractivity contribution in [3.63, 3.8) is 0 Å². The molecule has 2 aromatic carbocycles. The fourth-order valence-corrected chi connectivity index (χ4v) is 3.34. The summed E-state index contributed by atoms with van der Waals surface area (Å²) in [4.78, 5) is 12.3. The highest BCUT2D eigenvalue weighted by Gasteiger charge is 2.39. The van der Waals surface area contributed by atoms with Crippen LogP contribution in [0.2, 0.25) is 0 Å². The van der Waals surface area contributed by atoms with Gasteiger partial charge in [-0.05, 0) is 42.5 Å². The highest BCUT2D eigenvalue weighted by Crippen LogP contribution is 2.43. The molecule has 1 atom stereocenters. The first-order valence-corrected chi connectivity index (χ1v) is 8.42. The third-order valence-corrected chi connectivity index (χ3v) is 4.98. The smallest absolute Gasteiger partial charge is 0.237 e. The Morgan fingerprint density at radius 1 is 1.17 bits per heavy atom. The highest BCUT2D eigenvalue weighted by atomic mass is 19.1. The summed E-state index contributed by atoms with van der Waals surface area (Å²) in [7, 11) is 0. The maximum absolute atomic E-state index is 13.5. The molecule has 3 N–H and O–H groups in total. The number of carbonyl (C=O) groups excluding carboxylic acids is 1. The van der Waals surface area contributed by atoms with Gasteiger partial charge in [-0.15, -0.1) is 0 Å². The van der Waals surface area contributed by atoms with Gasteiger partial charge in [0.2, 0.25) is 5.91 Å². The molecule has 2 aromatic rings. The summed E-state index contributed by atoms with van der Waals surface area (Å²) in [6.07, 6.45) is 3.54. The molecule has 126 valence electrons. The molecule has 1 aliphatic rings. The number of nitrogens with one attached hydrogen (secondary N) is 1. The largest absolute Gasteiger partial charge is 0.354 e. The quantitative estimate of drug-likeness (QED) is 0.857. The molecule has 0 bridgehead atoms. The summed E-state index contributed by atoms with van der Waals surface area (Å²) >= 11 is 0. The summed E-state index contributed by atoms with van der Waals surface area (Å²) in [5, 5.41) is 2.98. The Kier molecular flexibility index (Phi) is 4.95. The average Bonchev–Trinajstić information content (AvgIpc) is 2.54. The van der Waals surface area contributed by atoms with Crippen molar-refractivity contribution in [2.24, 2.45) is 5.73 Å². The number of nitrogens with two attached hydrogens (primary N) is 1. The van der Waals surface area contributed by atoms with E-state index in [4.69, 9.17) is 5.73 Å². The van der Waals surface area contributed by atoms with Gasteiger partial charge in [0.05, 0.1) is 6.04 Å². The lowest BCUT2D eigenvalue weighted by Gasteiger charge is -2.42. The van der Waals surface area contributed by atoms with E-state index in [0.29, 0.717) is 13.0 Å². The van der Waals surface area contributed by atoms with Gasteiger partial charge in [0.25, 0.3) is 0 Å². The number of amides is 1. The van der Waals surface area contributed by atoms with Crippen LogP contribution in [0.25, 0.3) is 0 Å². The van der Waals surface area contributed by atoms with Gasteiger partial charge in [0.1, 0.15) is 5.82 Å². The number of hydrogen-bond donors (Lipinski definition) is 2. The van der Waals surface area contributed by atoms with Crippen molar-refractivity contribution in [1.82, 2.24) is 5.32 Å². The third-order valence-electron chi connectivity index (χ3n) is 4.98. The summed E-state index contributed by atoms with van der Waals surface area (Å²) in [5.74, 6) is -0.382. The van der Waals surface area contributed by atoms with Crippen LogP contribution in [0.15, 0.2) is 54.6 Å². The Morgan fingerprint density at radius 2 is 1.92 bits per heavy atom. The number of halogens is 1. The van der Waals surface area contributed by atoms with Crippen LogP contribution < -0.4 is 11.1 Å². The Morgan fingerprint density at radius 3 is 2.54 bits per heavy atom. The maximum Gasteiger partial charge on any atom is 0.237 e. The lowest BCUT2D eigenvalue weighted by atomic mass is 9.64. The van der Waals surface area contributed by atoms with E-state index in [9.17, 15) is 9.18 Å². The number of rotatable bonds is 6. The molecule has 0 unspecified atom stereocenters. The van der Waals surface area contributed by atoms with Crippen LogP contribution in [0.3, 0.4) is 0 Å². The first-order valence-electron chi connectivity index (χ1n) is 8.42. The molecule has 24 heavy (non-hydrogen) atoms. The fraction of sp³-hybridized carbons (Fsp3) is 0.350. The van der Waals surface area contributed by atoms with Crippen molar-refractivity contribution in [2.45, 2.75) is 37.1 Å². The monoisotopic (exact) mass is 326 g/mol. The van der Waals surface area contributed by atoms with Gasteiger partial charge in [0, 0.05) is 12.0 Å². The Hall–Kier alpha value is -2.20. The molecule has 0 aliphatic heterocycles. The van der Waals surface area contributed by atoms with Crippen LogP contribution in [-0.2, 0) is 16.6 Å². The van der Waals surface area contributed by atoms with Crippen LogP contribution in [0.4, 0.5) is 4.39 Å². The SMILES string of the molecule is N[C@H](Cc1ccccc1)C(=O)NCC1(c2cccc(F)c2)CCC1. The van der Waals surface area contributed by atoms with Gasteiger partial charge in [-0.1, -0.05) is 48.9 Å². The van der Waals surface area contributed by atoms with Gasteiger partial charge in [-0.2, -0.15) is 0 Å². The van der Waals surface area contributed by atoms with Gasteiger partial charge >= 0.3 is 0 Å². The van der Waals surface area contributed by atoms with E-state index in [1.54, 1.807) is 12.1 Å². The van der Waals surface area contributed by atoms with E-state index in [1.807, 2.05) is 36.4 Å². The van der Waals surface area contributed by atoms with Crippen molar-refractivity contribution in [3.05, 3.63) is 71.5 Å². The van der Waals surface area contributed by atoms with Gasteiger partial charge in [-0.25, -0.2) is 4.39 Å². The van der Waals surface area contributed by atoms with Crippen molar-refractivity contribution in [1.29, 1.82) is 0 Å². The van der Waals surface area contributed by atoms with Crippen molar-refractivity contribution in [2.75, 3.05) is 6.54 Å². The van der Waals surface area contributed by atoms with Gasteiger partial charge in [0.15, 0.2) is 0 Å². The average molecular weight is 326 g/mol. The lowest BCUT2D eigenvalue weighted by Crippen LogP contribution is -2.50. The minimum atomic E-state index is -0.572. The van der Waals surface area contributed by atoms with Gasteiger partial charge in [-0.3, -0.25) is 4.79 Å². The zero-order valence-corrected chi connectivity index (χ0v) is 13.7. The fourth-order valence-electron chi connectivity index (χ4n) is 3.34. The van der Waals surface area contributed by atoms with E-state index in [0.717, 1.165) is 30.4 Å². The van der Waals surface area contributed by atoms with E-state index in [2.05, 4.69) is 5.32 Å². The van der Waals surface area contributed by atoms with Crippen molar-refractivity contribution >= 4 is 5.91 Å². The second-order valence-electron chi connectivity index (χ2n) is 6.66. The molecule has 1 fully saturated rings. The summed E-state index contributed by atoms with van der Waals surface area (Å²) in [6, 6.07) is 15.9. The van der Waals surface area contributed by atoms with E-state index in [1.165, 1.54) is 6.07 Å². The molecule has 1 saturated carbocycles. The minimum Gasteiger partial charge on any atom is -0.354 e. The van der Waals surface area contributed by atoms with E-state index < -0.39 is 6.04 Å². The Bertz CT molecular complexity index is 698. The molecule has 0 heterocycles. The van der Waals surface area contributed by atoms with Crippen LogP contribution >= 0.6 is 0 Å². The Labute approximate surface area is 142 Å². The summed E-state index contributed by atoms with van der Waals surface area (Å²) in [5.41, 5.74) is 7.89. The standard InChI is InChI=1S/C20H23FN2O/c21-17-9-4-8-16(13-17)20(10-5-11-20)14-23-19(24)18(22)12-15-6-2-1-3-7-15/h1-4,6-9,13,18H,5,10-12,14,22H2,(H,23,24)/t18-/m1/s1. The molecule has 1 aliphatic carbocycles. The second-order valence-corrected chi connectivity index (χ2v) is 6.66. The molecule has 0 saturated heterocycles. The van der Waals surface area contributed by atoms with Crippen molar-refractivity contribution < 1.29 is 9.18 Å². The first-order chi connectivity index (χ1) is 11.6.